The number of thioether (sulfide) groups is 2. The monoisotopic (exact) mass is 322 g/mol. The van der Waals surface area contributed by atoms with Gasteiger partial charge in [0, 0.05) is 60.9 Å². The lowest BCUT2D eigenvalue weighted by Gasteiger charge is -2.40. The Kier molecular flexibility index (Phi) is 5.41. The Morgan fingerprint density at radius 2 is 1.62 bits per heavy atom. The van der Waals surface area contributed by atoms with E-state index in [1.165, 1.54) is 66.0 Å². The molecular formula is C17H26N2S2. The topological polar surface area (TPSA) is 6.48 Å². The first kappa shape index (κ1) is 15.6. The molecule has 0 N–H and O–H groups in total. The Hall–Kier alpha value is -0.320. The molecule has 0 atom stereocenters. The molecule has 2 fully saturated rings. The second kappa shape index (κ2) is 7.30. The molecule has 2 nitrogen and oxygen atoms in total. The van der Waals surface area contributed by atoms with Crippen LogP contribution in [0.3, 0.4) is 0 Å². The molecule has 0 amide bonds. The lowest BCUT2D eigenvalue weighted by Crippen LogP contribution is -2.52. The number of hydrogen-bond donors (Lipinski definition) is 0. The zero-order valence-electron chi connectivity index (χ0n) is 13.2. The van der Waals surface area contributed by atoms with Crippen molar-refractivity contribution in [1.82, 2.24) is 4.90 Å². The van der Waals surface area contributed by atoms with Crippen molar-refractivity contribution in [2.24, 2.45) is 0 Å². The maximum Gasteiger partial charge on any atom is 0.0399 e. The molecule has 0 radical (unpaired) electrons. The van der Waals surface area contributed by atoms with E-state index in [1.54, 1.807) is 0 Å². The molecule has 0 saturated carbocycles. The number of benzene rings is 1. The maximum absolute atomic E-state index is 2.73. The SMILES string of the molecule is Cc1cccc(N2CCN(C3CSCCSC3)CC2)c1C. The molecule has 0 aliphatic carbocycles. The van der Waals surface area contributed by atoms with E-state index >= 15 is 0 Å². The van der Waals surface area contributed by atoms with E-state index in [4.69, 9.17) is 0 Å². The Bertz CT molecular complexity index is 462. The average molecular weight is 323 g/mol. The van der Waals surface area contributed by atoms with Crippen molar-refractivity contribution in [1.29, 1.82) is 0 Å². The third kappa shape index (κ3) is 3.72. The van der Waals surface area contributed by atoms with Gasteiger partial charge in [0.1, 0.15) is 0 Å². The van der Waals surface area contributed by atoms with E-state index in [2.05, 4.69) is 65.4 Å². The predicted octanol–water partition coefficient (Wildman–Crippen LogP) is 3.27. The maximum atomic E-state index is 2.73. The predicted molar refractivity (Wildman–Crippen MR) is 98.1 cm³/mol. The van der Waals surface area contributed by atoms with E-state index in [1.807, 2.05) is 0 Å². The van der Waals surface area contributed by atoms with Crippen LogP contribution in [-0.4, -0.2) is 60.1 Å². The van der Waals surface area contributed by atoms with Crippen molar-refractivity contribution in [2.75, 3.05) is 54.1 Å². The highest BCUT2D eigenvalue weighted by molar-refractivity contribution is 8.03. The van der Waals surface area contributed by atoms with Crippen molar-refractivity contribution in [3.05, 3.63) is 29.3 Å². The summed E-state index contributed by atoms with van der Waals surface area (Å²) in [5, 5.41) is 0. The van der Waals surface area contributed by atoms with Crippen LogP contribution in [0.1, 0.15) is 11.1 Å². The lowest BCUT2D eigenvalue weighted by atomic mass is 10.1. The highest BCUT2D eigenvalue weighted by Gasteiger charge is 2.25. The molecule has 2 aliphatic rings. The number of hydrogen-bond acceptors (Lipinski definition) is 4. The number of piperazine rings is 1. The second-order valence-electron chi connectivity index (χ2n) is 6.05. The molecular weight excluding hydrogens is 296 g/mol. The second-order valence-corrected chi connectivity index (χ2v) is 8.35. The van der Waals surface area contributed by atoms with Crippen molar-refractivity contribution < 1.29 is 0 Å². The fourth-order valence-electron chi connectivity index (χ4n) is 3.22. The molecule has 0 aromatic heterocycles. The molecule has 4 heteroatoms. The summed E-state index contributed by atoms with van der Waals surface area (Å²) in [5.41, 5.74) is 4.30. The van der Waals surface area contributed by atoms with E-state index in [0.29, 0.717) is 0 Å². The number of aryl methyl sites for hydroxylation is 1. The van der Waals surface area contributed by atoms with Crippen LogP contribution < -0.4 is 4.90 Å². The minimum absolute atomic E-state index is 0.795. The molecule has 2 heterocycles. The van der Waals surface area contributed by atoms with E-state index in [9.17, 15) is 0 Å². The summed E-state index contributed by atoms with van der Waals surface area (Å²) in [6, 6.07) is 7.50. The largest absolute Gasteiger partial charge is 0.369 e. The van der Waals surface area contributed by atoms with Crippen LogP contribution in [-0.2, 0) is 0 Å². The van der Waals surface area contributed by atoms with Crippen molar-refractivity contribution in [2.45, 2.75) is 19.9 Å². The van der Waals surface area contributed by atoms with Crippen LogP contribution in [0.5, 0.6) is 0 Å². The van der Waals surface area contributed by atoms with Gasteiger partial charge in [-0.05, 0) is 31.0 Å². The van der Waals surface area contributed by atoms with Gasteiger partial charge < -0.3 is 4.90 Å². The van der Waals surface area contributed by atoms with Gasteiger partial charge in [-0.25, -0.2) is 0 Å². The summed E-state index contributed by atoms with van der Waals surface area (Å²) in [6.45, 7) is 9.27. The Labute approximate surface area is 137 Å². The van der Waals surface area contributed by atoms with Crippen LogP contribution in [0.15, 0.2) is 18.2 Å². The molecule has 1 aromatic carbocycles. The Balaban J connectivity index is 1.60. The first-order valence-electron chi connectivity index (χ1n) is 7.96. The first-order valence-corrected chi connectivity index (χ1v) is 10.3. The van der Waals surface area contributed by atoms with Gasteiger partial charge in [-0.2, -0.15) is 23.5 Å². The minimum Gasteiger partial charge on any atom is -0.369 e. The van der Waals surface area contributed by atoms with Crippen LogP contribution in [0, 0.1) is 13.8 Å². The summed E-state index contributed by atoms with van der Waals surface area (Å²) in [5.74, 6) is 5.33. The number of nitrogens with zero attached hydrogens (tertiary/aromatic N) is 2. The standard InChI is InChI=1S/C17H26N2S2/c1-14-4-3-5-17(15(14)2)19-8-6-18(7-9-19)16-12-20-10-11-21-13-16/h3-5,16H,6-13H2,1-2H3. The summed E-state index contributed by atoms with van der Waals surface area (Å²) >= 11 is 4.29. The first-order chi connectivity index (χ1) is 10.3. The van der Waals surface area contributed by atoms with E-state index < -0.39 is 0 Å². The smallest absolute Gasteiger partial charge is 0.0399 e. The normalized spacial score (nSPS) is 22.3. The summed E-state index contributed by atoms with van der Waals surface area (Å²) in [7, 11) is 0. The molecule has 0 unspecified atom stereocenters. The highest BCUT2D eigenvalue weighted by Crippen LogP contribution is 2.26. The quantitative estimate of drug-likeness (QED) is 0.824. The van der Waals surface area contributed by atoms with Gasteiger partial charge >= 0.3 is 0 Å². The van der Waals surface area contributed by atoms with Gasteiger partial charge in [0.15, 0.2) is 0 Å². The van der Waals surface area contributed by atoms with Gasteiger partial charge in [0.05, 0.1) is 0 Å². The van der Waals surface area contributed by atoms with Gasteiger partial charge in [-0.15, -0.1) is 0 Å². The van der Waals surface area contributed by atoms with E-state index in [0.717, 1.165) is 6.04 Å². The summed E-state index contributed by atoms with van der Waals surface area (Å²) < 4.78 is 0. The highest BCUT2D eigenvalue weighted by atomic mass is 32.2. The molecule has 0 bridgehead atoms. The van der Waals surface area contributed by atoms with Crippen LogP contribution in [0.25, 0.3) is 0 Å². The fourth-order valence-corrected chi connectivity index (χ4v) is 5.85. The zero-order chi connectivity index (χ0) is 14.7. The van der Waals surface area contributed by atoms with Crippen LogP contribution in [0.4, 0.5) is 5.69 Å². The van der Waals surface area contributed by atoms with Crippen LogP contribution in [0.2, 0.25) is 0 Å². The van der Waals surface area contributed by atoms with Crippen molar-refractivity contribution in [3.8, 4) is 0 Å². The molecule has 3 rings (SSSR count). The molecule has 21 heavy (non-hydrogen) atoms. The summed E-state index contributed by atoms with van der Waals surface area (Å²) in [4.78, 5) is 5.31. The van der Waals surface area contributed by atoms with Gasteiger partial charge in [-0.1, -0.05) is 12.1 Å². The van der Waals surface area contributed by atoms with Crippen molar-refractivity contribution in [3.63, 3.8) is 0 Å². The minimum atomic E-state index is 0.795. The number of rotatable bonds is 2. The van der Waals surface area contributed by atoms with Gasteiger partial charge in [0.25, 0.3) is 0 Å². The zero-order valence-corrected chi connectivity index (χ0v) is 14.8. The third-order valence-electron chi connectivity index (χ3n) is 4.74. The molecule has 0 spiro atoms. The Morgan fingerprint density at radius 1 is 0.952 bits per heavy atom. The third-order valence-corrected chi connectivity index (χ3v) is 7.22. The Morgan fingerprint density at radius 3 is 2.29 bits per heavy atom. The molecule has 116 valence electrons. The van der Waals surface area contributed by atoms with Crippen LogP contribution >= 0.6 is 23.5 Å². The van der Waals surface area contributed by atoms with Gasteiger partial charge in [-0.3, -0.25) is 4.90 Å². The molecule has 1 aromatic rings. The van der Waals surface area contributed by atoms with E-state index in [-0.39, 0.29) is 0 Å². The molecule has 2 aliphatic heterocycles. The summed E-state index contributed by atoms with van der Waals surface area (Å²) in [6.07, 6.45) is 0. The van der Waals surface area contributed by atoms with Gasteiger partial charge in [0.2, 0.25) is 0 Å². The van der Waals surface area contributed by atoms with Crippen molar-refractivity contribution >= 4 is 29.2 Å². The average Bonchev–Trinajstić information content (AvgIpc) is 2.79. The lowest BCUT2D eigenvalue weighted by molar-refractivity contribution is 0.215. The fraction of sp³-hybridized carbons (Fsp3) is 0.647. The number of anilines is 1. The molecule has 2 saturated heterocycles.